The second-order valence-electron chi connectivity index (χ2n) is 8.81. The lowest BCUT2D eigenvalue weighted by Gasteiger charge is -2.15. The summed E-state index contributed by atoms with van der Waals surface area (Å²) in [6.07, 6.45) is 5.87. The van der Waals surface area contributed by atoms with Crippen LogP contribution in [0, 0.1) is 5.92 Å². The van der Waals surface area contributed by atoms with Gasteiger partial charge in [-0.3, -0.25) is 14.4 Å². The lowest BCUT2D eigenvalue weighted by atomic mass is 10.1. The smallest absolute Gasteiger partial charge is 0.251 e. The molecule has 0 atom stereocenters. The van der Waals surface area contributed by atoms with Gasteiger partial charge < -0.3 is 15.5 Å². The van der Waals surface area contributed by atoms with Gasteiger partial charge in [0.25, 0.3) is 5.91 Å². The third-order valence-corrected chi connectivity index (χ3v) is 6.43. The molecule has 4 rings (SSSR count). The summed E-state index contributed by atoms with van der Waals surface area (Å²) >= 11 is 0. The van der Waals surface area contributed by atoms with Crippen molar-refractivity contribution in [3.63, 3.8) is 0 Å². The minimum Gasteiger partial charge on any atom is -0.352 e. The molecular formula is C26H31N3O3. The zero-order valence-corrected chi connectivity index (χ0v) is 18.4. The van der Waals surface area contributed by atoms with Gasteiger partial charge in [-0.25, -0.2) is 0 Å². The average Bonchev–Trinajstić information content (AvgIpc) is 3.50. The Morgan fingerprint density at radius 1 is 0.812 bits per heavy atom. The molecule has 1 saturated carbocycles. The number of nitrogens with zero attached hydrogens (tertiary/aromatic N) is 1. The van der Waals surface area contributed by atoms with Gasteiger partial charge in [0.15, 0.2) is 0 Å². The van der Waals surface area contributed by atoms with Gasteiger partial charge in [-0.15, -0.1) is 0 Å². The molecule has 1 saturated heterocycles. The van der Waals surface area contributed by atoms with Crippen molar-refractivity contribution in [1.82, 2.24) is 15.5 Å². The average molecular weight is 434 g/mol. The molecular weight excluding hydrogens is 402 g/mol. The van der Waals surface area contributed by atoms with Gasteiger partial charge in [0.2, 0.25) is 11.8 Å². The van der Waals surface area contributed by atoms with Crippen molar-refractivity contribution in [3.8, 4) is 0 Å². The minimum absolute atomic E-state index is 0.127. The van der Waals surface area contributed by atoms with Crippen LogP contribution in [0.3, 0.4) is 0 Å². The van der Waals surface area contributed by atoms with Crippen molar-refractivity contribution in [2.75, 3.05) is 6.54 Å². The predicted molar refractivity (Wildman–Crippen MR) is 123 cm³/mol. The van der Waals surface area contributed by atoms with Crippen LogP contribution in [0.2, 0.25) is 0 Å². The first-order valence-corrected chi connectivity index (χ1v) is 11.6. The molecule has 6 heteroatoms. The highest BCUT2D eigenvalue weighted by atomic mass is 16.2. The summed E-state index contributed by atoms with van der Waals surface area (Å²) in [6.45, 7) is 2.43. The van der Waals surface area contributed by atoms with Gasteiger partial charge in [0, 0.05) is 44.1 Å². The molecule has 0 radical (unpaired) electrons. The molecule has 168 valence electrons. The van der Waals surface area contributed by atoms with Crippen molar-refractivity contribution >= 4 is 17.7 Å². The van der Waals surface area contributed by atoms with Crippen molar-refractivity contribution in [1.29, 1.82) is 0 Å². The Kier molecular flexibility index (Phi) is 7.20. The molecule has 1 aliphatic carbocycles. The largest absolute Gasteiger partial charge is 0.352 e. The van der Waals surface area contributed by atoms with Crippen LogP contribution in [0.4, 0.5) is 0 Å². The van der Waals surface area contributed by atoms with Gasteiger partial charge in [0.05, 0.1) is 0 Å². The lowest BCUT2D eigenvalue weighted by molar-refractivity contribution is -0.128. The fraction of sp³-hybridized carbons (Fsp3) is 0.423. The number of amides is 3. The van der Waals surface area contributed by atoms with E-state index in [1.807, 2.05) is 41.3 Å². The highest BCUT2D eigenvalue weighted by Crippen LogP contribution is 2.24. The van der Waals surface area contributed by atoms with E-state index in [1.165, 1.54) is 0 Å². The second-order valence-corrected chi connectivity index (χ2v) is 8.81. The second kappa shape index (κ2) is 10.4. The summed E-state index contributed by atoms with van der Waals surface area (Å²) in [4.78, 5) is 38.3. The first-order valence-electron chi connectivity index (χ1n) is 11.6. The molecule has 3 amide bonds. The van der Waals surface area contributed by atoms with E-state index >= 15 is 0 Å². The fourth-order valence-corrected chi connectivity index (χ4v) is 4.43. The molecule has 2 aromatic carbocycles. The van der Waals surface area contributed by atoms with Crippen molar-refractivity contribution in [3.05, 3.63) is 70.8 Å². The molecule has 2 N–H and O–H groups in total. The van der Waals surface area contributed by atoms with Gasteiger partial charge >= 0.3 is 0 Å². The summed E-state index contributed by atoms with van der Waals surface area (Å²) in [7, 11) is 0. The van der Waals surface area contributed by atoms with Crippen LogP contribution < -0.4 is 10.6 Å². The van der Waals surface area contributed by atoms with Crippen LogP contribution in [0.5, 0.6) is 0 Å². The summed E-state index contributed by atoms with van der Waals surface area (Å²) in [5.74, 6) is 0.404. The summed E-state index contributed by atoms with van der Waals surface area (Å²) in [5, 5.41) is 5.95. The van der Waals surface area contributed by atoms with E-state index in [4.69, 9.17) is 0 Å². The van der Waals surface area contributed by atoms with Crippen LogP contribution in [0.1, 0.15) is 65.6 Å². The minimum atomic E-state index is -0.127. The fourth-order valence-electron chi connectivity index (χ4n) is 4.43. The van der Waals surface area contributed by atoms with E-state index in [0.29, 0.717) is 31.6 Å². The Morgan fingerprint density at radius 3 is 2.03 bits per heavy atom. The van der Waals surface area contributed by atoms with Gasteiger partial charge in [-0.2, -0.15) is 0 Å². The number of hydrogen-bond acceptors (Lipinski definition) is 3. The maximum atomic E-state index is 12.5. The molecule has 6 nitrogen and oxygen atoms in total. The van der Waals surface area contributed by atoms with E-state index in [2.05, 4.69) is 10.6 Å². The predicted octanol–water partition coefficient (Wildman–Crippen LogP) is 3.55. The molecule has 0 unspecified atom stereocenters. The molecule has 0 aromatic heterocycles. The highest BCUT2D eigenvalue weighted by Gasteiger charge is 2.22. The van der Waals surface area contributed by atoms with Crippen LogP contribution in [-0.4, -0.2) is 29.2 Å². The Balaban J connectivity index is 1.22. The number of carbonyl (C=O) groups excluding carboxylic acids is 3. The standard InChI is InChI=1S/C26H31N3O3/c30-24-6-3-15-29(24)18-21-9-7-19(8-10-21)16-28-26(32)23-13-11-20(12-14-23)17-27-25(31)22-4-1-2-5-22/h7-14,22H,1-6,15-18H2,(H,27,31)(H,28,32). The highest BCUT2D eigenvalue weighted by molar-refractivity contribution is 5.94. The van der Waals surface area contributed by atoms with E-state index in [9.17, 15) is 14.4 Å². The van der Waals surface area contributed by atoms with Crippen LogP contribution in [0.15, 0.2) is 48.5 Å². The van der Waals surface area contributed by atoms with E-state index in [0.717, 1.165) is 55.3 Å². The van der Waals surface area contributed by atoms with Crippen molar-refractivity contribution < 1.29 is 14.4 Å². The molecule has 2 aliphatic rings. The normalized spacial score (nSPS) is 16.4. The maximum absolute atomic E-state index is 12.5. The number of nitrogens with one attached hydrogen (secondary N) is 2. The quantitative estimate of drug-likeness (QED) is 0.668. The van der Waals surface area contributed by atoms with Crippen molar-refractivity contribution in [2.45, 2.75) is 58.2 Å². The number of benzene rings is 2. The van der Waals surface area contributed by atoms with Crippen LogP contribution in [-0.2, 0) is 29.2 Å². The Hall–Kier alpha value is -3.15. The Labute approximate surface area is 189 Å². The zero-order chi connectivity index (χ0) is 22.3. The summed E-state index contributed by atoms with van der Waals surface area (Å²) in [6, 6.07) is 15.4. The van der Waals surface area contributed by atoms with Gasteiger partial charge in [-0.1, -0.05) is 49.2 Å². The monoisotopic (exact) mass is 433 g/mol. The third kappa shape index (κ3) is 5.75. The number of rotatable bonds is 8. The number of carbonyl (C=O) groups is 3. The summed E-state index contributed by atoms with van der Waals surface area (Å²) in [5.41, 5.74) is 3.70. The molecule has 2 aromatic rings. The molecule has 32 heavy (non-hydrogen) atoms. The number of likely N-dealkylation sites (tertiary alicyclic amines) is 1. The van der Waals surface area contributed by atoms with Crippen LogP contribution in [0.25, 0.3) is 0 Å². The zero-order valence-electron chi connectivity index (χ0n) is 18.4. The van der Waals surface area contributed by atoms with E-state index < -0.39 is 0 Å². The maximum Gasteiger partial charge on any atom is 0.251 e. The molecule has 1 heterocycles. The van der Waals surface area contributed by atoms with E-state index in [1.54, 1.807) is 12.1 Å². The molecule has 1 aliphatic heterocycles. The molecule has 0 spiro atoms. The van der Waals surface area contributed by atoms with Crippen molar-refractivity contribution in [2.24, 2.45) is 5.92 Å². The van der Waals surface area contributed by atoms with Crippen LogP contribution >= 0.6 is 0 Å². The first-order chi connectivity index (χ1) is 15.6. The molecule has 2 fully saturated rings. The topological polar surface area (TPSA) is 78.5 Å². The number of hydrogen-bond donors (Lipinski definition) is 2. The summed E-state index contributed by atoms with van der Waals surface area (Å²) < 4.78 is 0. The third-order valence-electron chi connectivity index (χ3n) is 6.43. The lowest BCUT2D eigenvalue weighted by Crippen LogP contribution is -2.28. The van der Waals surface area contributed by atoms with E-state index in [-0.39, 0.29) is 23.6 Å². The Morgan fingerprint density at radius 2 is 1.41 bits per heavy atom. The molecule has 0 bridgehead atoms. The van der Waals surface area contributed by atoms with Gasteiger partial charge in [-0.05, 0) is 48.1 Å². The Bertz CT molecular complexity index is 947. The first kappa shape index (κ1) is 22.1. The SMILES string of the molecule is O=C(NCc1ccc(CN2CCCC2=O)cc1)c1ccc(CNC(=O)C2CCCC2)cc1. The van der Waals surface area contributed by atoms with Gasteiger partial charge in [0.1, 0.15) is 0 Å².